The molecular formula is C19H37N. The van der Waals surface area contributed by atoms with Crippen LogP contribution in [0.3, 0.4) is 0 Å². The molecule has 118 valence electrons. The first-order chi connectivity index (χ1) is 9.80. The average molecular weight is 280 g/mol. The van der Waals surface area contributed by atoms with Gasteiger partial charge in [-0.15, -0.1) is 0 Å². The molecule has 1 nitrogen and oxygen atoms in total. The smallest absolute Gasteiger partial charge is 0.00105 e. The van der Waals surface area contributed by atoms with Crippen molar-refractivity contribution in [2.45, 2.75) is 90.9 Å². The van der Waals surface area contributed by atoms with E-state index in [9.17, 15) is 0 Å². The predicted octanol–water partition coefficient (Wildman–Crippen LogP) is 5.54. The first kappa shape index (κ1) is 16.3. The van der Waals surface area contributed by atoms with Gasteiger partial charge in [0, 0.05) is 6.54 Å². The third kappa shape index (κ3) is 4.23. The van der Waals surface area contributed by atoms with Gasteiger partial charge >= 0.3 is 0 Å². The van der Waals surface area contributed by atoms with E-state index in [1.54, 1.807) is 12.8 Å². The molecule has 2 aliphatic rings. The Hall–Kier alpha value is -0.0400. The van der Waals surface area contributed by atoms with Gasteiger partial charge in [-0.25, -0.2) is 0 Å². The lowest BCUT2D eigenvalue weighted by Gasteiger charge is -2.38. The Morgan fingerprint density at radius 2 is 1.70 bits per heavy atom. The maximum atomic E-state index is 3.68. The van der Waals surface area contributed by atoms with E-state index in [2.05, 4.69) is 19.2 Å². The summed E-state index contributed by atoms with van der Waals surface area (Å²) in [7, 11) is 0. The lowest BCUT2D eigenvalue weighted by atomic mass is 9.69. The molecule has 0 saturated heterocycles. The molecule has 20 heavy (non-hydrogen) atoms. The molecule has 3 atom stereocenters. The van der Waals surface area contributed by atoms with E-state index in [-0.39, 0.29) is 0 Å². The molecule has 0 aromatic rings. The normalized spacial score (nSPS) is 32.1. The van der Waals surface area contributed by atoms with Gasteiger partial charge in [-0.3, -0.25) is 0 Å². The lowest BCUT2D eigenvalue weighted by Crippen LogP contribution is -2.38. The summed E-state index contributed by atoms with van der Waals surface area (Å²) < 4.78 is 0. The van der Waals surface area contributed by atoms with E-state index in [4.69, 9.17) is 0 Å². The molecule has 3 unspecified atom stereocenters. The maximum Gasteiger partial charge on any atom is 0.00105 e. The second kappa shape index (κ2) is 8.41. The average Bonchev–Trinajstić information content (AvgIpc) is 3.05. The van der Waals surface area contributed by atoms with Crippen LogP contribution in [0.1, 0.15) is 90.9 Å². The Kier molecular flexibility index (Phi) is 6.87. The van der Waals surface area contributed by atoms with E-state index < -0.39 is 0 Å². The quantitative estimate of drug-likeness (QED) is 0.489. The van der Waals surface area contributed by atoms with Gasteiger partial charge in [0.05, 0.1) is 0 Å². The number of hydrogen-bond acceptors (Lipinski definition) is 1. The first-order valence-corrected chi connectivity index (χ1v) is 9.51. The van der Waals surface area contributed by atoms with Crippen LogP contribution in [0, 0.1) is 17.3 Å². The number of hydrogen-bond donors (Lipinski definition) is 1. The zero-order valence-corrected chi connectivity index (χ0v) is 14.1. The minimum Gasteiger partial charge on any atom is -0.316 e. The van der Waals surface area contributed by atoms with E-state index in [1.807, 2.05) is 0 Å². The van der Waals surface area contributed by atoms with Crippen LogP contribution in [0.15, 0.2) is 0 Å². The zero-order valence-electron chi connectivity index (χ0n) is 14.1. The largest absolute Gasteiger partial charge is 0.316 e. The molecule has 0 heterocycles. The second-order valence-corrected chi connectivity index (χ2v) is 7.59. The van der Waals surface area contributed by atoms with Crippen LogP contribution in [-0.4, -0.2) is 13.1 Å². The molecule has 0 aromatic carbocycles. The molecule has 2 fully saturated rings. The molecule has 2 bridgehead atoms. The Balaban J connectivity index is 1.67. The molecule has 0 amide bonds. The fraction of sp³-hybridized carbons (Fsp3) is 1.00. The molecule has 0 aromatic heterocycles. The van der Waals surface area contributed by atoms with Crippen molar-refractivity contribution in [3.05, 3.63) is 0 Å². The van der Waals surface area contributed by atoms with Crippen molar-refractivity contribution in [1.82, 2.24) is 5.32 Å². The summed E-state index contributed by atoms with van der Waals surface area (Å²) >= 11 is 0. The summed E-state index contributed by atoms with van der Waals surface area (Å²) in [5.41, 5.74) is 0.697. The maximum absolute atomic E-state index is 3.68. The Labute approximate surface area is 127 Å². The molecule has 0 spiro atoms. The second-order valence-electron chi connectivity index (χ2n) is 7.59. The standard InChI is InChI=1S/C19H37N/c1-3-5-6-7-8-9-10-13-19(16-20-4-2)15-17-11-12-18(19)14-17/h17-18,20H,3-16H2,1-2H3. The summed E-state index contributed by atoms with van der Waals surface area (Å²) in [6, 6.07) is 0. The molecule has 2 rings (SSSR count). The van der Waals surface area contributed by atoms with Crippen LogP contribution in [-0.2, 0) is 0 Å². The third-order valence-electron chi connectivity index (χ3n) is 6.11. The van der Waals surface area contributed by atoms with Gasteiger partial charge in [0.25, 0.3) is 0 Å². The van der Waals surface area contributed by atoms with Crippen LogP contribution in [0.5, 0.6) is 0 Å². The number of unbranched alkanes of at least 4 members (excludes halogenated alkanes) is 6. The minimum absolute atomic E-state index is 0.697. The van der Waals surface area contributed by atoms with Crippen molar-refractivity contribution >= 4 is 0 Å². The van der Waals surface area contributed by atoms with E-state index >= 15 is 0 Å². The highest BCUT2D eigenvalue weighted by molar-refractivity contribution is 5.01. The fourth-order valence-electron chi connectivity index (χ4n) is 4.98. The molecule has 0 aliphatic heterocycles. The van der Waals surface area contributed by atoms with E-state index in [0.717, 1.165) is 18.4 Å². The summed E-state index contributed by atoms with van der Waals surface area (Å²) in [6.45, 7) is 7.02. The predicted molar refractivity (Wildman–Crippen MR) is 89.0 cm³/mol. The summed E-state index contributed by atoms with van der Waals surface area (Å²) in [6.07, 6.45) is 17.9. The Morgan fingerprint density at radius 1 is 0.950 bits per heavy atom. The number of nitrogens with one attached hydrogen (secondary N) is 1. The van der Waals surface area contributed by atoms with Crippen LogP contribution >= 0.6 is 0 Å². The van der Waals surface area contributed by atoms with Gasteiger partial charge < -0.3 is 5.32 Å². The van der Waals surface area contributed by atoms with Gasteiger partial charge in [-0.1, -0.05) is 65.2 Å². The lowest BCUT2D eigenvalue weighted by molar-refractivity contribution is 0.139. The number of rotatable bonds is 11. The Morgan fingerprint density at radius 3 is 2.30 bits per heavy atom. The highest BCUT2D eigenvalue weighted by Gasteiger charge is 2.49. The minimum atomic E-state index is 0.697. The van der Waals surface area contributed by atoms with Crippen LogP contribution < -0.4 is 5.32 Å². The van der Waals surface area contributed by atoms with Crippen molar-refractivity contribution in [1.29, 1.82) is 0 Å². The van der Waals surface area contributed by atoms with Gasteiger partial charge in [0.1, 0.15) is 0 Å². The summed E-state index contributed by atoms with van der Waals surface area (Å²) in [5, 5.41) is 3.68. The molecule has 1 N–H and O–H groups in total. The topological polar surface area (TPSA) is 12.0 Å². The molecule has 2 saturated carbocycles. The van der Waals surface area contributed by atoms with Crippen molar-refractivity contribution in [2.75, 3.05) is 13.1 Å². The van der Waals surface area contributed by atoms with Crippen LogP contribution in [0.2, 0.25) is 0 Å². The highest BCUT2D eigenvalue weighted by Crippen LogP contribution is 2.57. The Bertz CT molecular complexity index is 262. The van der Waals surface area contributed by atoms with Gasteiger partial charge in [0.15, 0.2) is 0 Å². The van der Waals surface area contributed by atoms with Gasteiger partial charge in [-0.2, -0.15) is 0 Å². The highest BCUT2D eigenvalue weighted by atomic mass is 14.9. The molecule has 1 heteroatoms. The third-order valence-corrected chi connectivity index (χ3v) is 6.11. The van der Waals surface area contributed by atoms with Crippen molar-refractivity contribution < 1.29 is 0 Å². The molecular weight excluding hydrogens is 242 g/mol. The van der Waals surface area contributed by atoms with Crippen molar-refractivity contribution in [3.63, 3.8) is 0 Å². The van der Waals surface area contributed by atoms with Gasteiger partial charge in [0.2, 0.25) is 0 Å². The van der Waals surface area contributed by atoms with E-state index in [1.165, 1.54) is 70.8 Å². The molecule has 2 aliphatic carbocycles. The van der Waals surface area contributed by atoms with E-state index in [0.29, 0.717) is 5.41 Å². The first-order valence-electron chi connectivity index (χ1n) is 9.51. The molecule has 0 radical (unpaired) electrons. The fourth-order valence-corrected chi connectivity index (χ4v) is 4.98. The number of fused-ring (bicyclic) bond motifs is 2. The van der Waals surface area contributed by atoms with Gasteiger partial charge in [-0.05, 0) is 49.5 Å². The van der Waals surface area contributed by atoms with Crippen molar-refractivity contribution in [2.24, 2.45) is 17.3 Å². The SMILES string of the molecule is CCCCCCCCCC1(CNCC)CC2CCC1C2. The zero-order chi connectivity index (χ0) is 14.3. The van der Waals surface area contributed by atoms with Crippen molar-refractivity contribution in [3.8, 4) is 0 Å². The monoisotopic (exact) mass is 279 g/mol. The van der Waals surface area contributed by atoms with Crippen LogP contribution in [0.4, 0.5) is 0 Å². The summed E-state index contributed by atoms with van der Waals surface area (Å²) in [5.74, 6) is 2.15. The van der Waals surface area contributed by atoms with Crippen LogP contribution in [0.25, 0.3) is 0 Å². The summed E-state index contributed by atoms with van der Waals surface area (Å²) in [4.78, 5) is 0.